The van der Waals surface area contributed by atoms with Gasteiger partial charge in [-0.1, -0.05) is 0 Å². The van der Waals surface area contributed by atoms with E-state index >= 15 is 0 Å². The largest absolute Gasteiger partial charge is 0.385 e. The van der Waals surface area contributed by atoms with Gasteiger partial charge in [-0.05, 0) is 37.6 Å². The van der Waals surface area contributed by atoms with E-state index < -0.39 is 6.10 Å². The van der Waals surface area contributed by atoms with Gasteiger partial charge in [0.15, 0.2) is 5.78 Å². The van der Waals surface area contributed by atoms with Gasteiger partial charge in [0.25, 0.3) is 0 Å². The van der Waals surface area contributed by atoms with Gasteiger partial charge in [-0.25, -0.2) is 4.39 Å². The Morgan fingerprint density at radius 3 is 2.62 bits per heavy atom. The highest BCUT2D eigenvalue weighted by Crippen LogP contribution is 2.12. The molecule has 1 aromatic carbocycles. The smallest absolute Gasteiger partial charge is 0.191 e. The van der Waals surface area contributed by atoms with E-state index in [-0.39, 0.29) is 11.6 Å². The summed E-state index contributed by atoms with van der Waals surface area (Å²) < 4.78 is 12.6. The lowest BCUT2D eigenvalue weighted by molar-refractivity contribution is 0.0779. The lowest BCUT2D eigenvalue weighted by atomic mass is 10.0. The third-order valence-electron chi connectivity index (χ3n) is 1.83. The summed E-state index contributed by atoms with van der Waals surface area (Å²) in [5.74, 6) is -0.753. The molecule has 0 aliphatic heterocycles. The van der Waals surface area contributed by atoms with E-state index in [4.69, 9.17) is 5.11 Å². The van der Waals surface area contributed by atoms with Crippen LogP contribution >= 0.6 is 0 Å². The fraction of sp³-hybridized carbons (Fsp3) is 0.300. The molecule has 1 N–H and O–H groups in total. The maximum Gasteiger partial charge on any atom is 0.191 e. The van der Waals surface area contributed by atoms with Crippen molar-refractivity contribution in [3.05, 3.63) is 35.1 Å². The van der Waals surface area contributed by atoms with Crippen LogP contribution in [0.5, 0.6) is 0 Å². The van der Waals surface area contributed by atoms with Crippen LogP contribution in [0.15, 0.2) is 18.2 Å². The van der Waals surface area contributed by atoms with Crippen molar-refractivity contribution in [3.63, 3.8) is 0 Å². The van der Waals surface area contributed by atoms with Gasteiger partial charge in [0.05, 0.1) is 0 Å². The third-order valence-corrected chi connectivity index (χ3v) is 1.83. The summed E-state index contributed by atoms with van der Waals surface area (Å²) in [4.78, 5) is 11.3. The van der Waals surface area contributed by atoms with Crippen LogP contribution in [0.25, 0.3) is 0 Å². The van der Waals surface area contributed by atoms with Gasteiger partial charge in [-0.15, -0.1) is 0 Å². The summed E-state index contributed by atoms with van der Waals surface area (Å²) in [6.07, 6.45) is -1.04. The molecule has 0 saturated carbocycles. The number of rotatable bonds is 2. The molecular formula is C10H11FO2. The molecule has 0 bridgehead atoms. The maximum absolute atomic E-state index is 12.6. The van der Waals surface area contributed by atoms with Crippen LogP contribution in [0.3, 0.4) is 0 Å². The van der Waals surface area contributed by atoms with Crippen LogP contribution in [0.2, 0.25) is 0 Å². The molecule has 70 valence electrons. The second-order valence-electron chi connectivity index (χ2n) is 3.00. The first kappa shape index (κ1) is 9.86. The molecule has 0 amide bonds. The second-order valence-corrected chi connectivity index (χ2v) is 3.00. The molecule has 0 spiro atoms. The number of aliphatic hydroxyl groups excluding tert-OH is 1. The van der Waals surface area contributed by atoms with Gasteiger partial charge in [0, 0.05) is 5.56 Å². The van der Waals surface area contributed by atoms with E-state index in [1.165, 1.54) is 25.1 Å². The van der Waals surface area contributed by atoms with Crippen molar-refractivity contribution in [3.8, 4) is 0 Å². The Hall–Kier alpha value is -1.22. The lowest BCUT2D eigenvalue weighted by Gasteiger charge is -2.06. The lowest BCUT2D eigenvalue weighted by Crippen LogP contribution is -2.17. The zero-order chi connectivity index (χ0) is 10.0. The first-order valence-electron chi connectivity index (χ1n) is 4.01. The van der Waals surface area contributed by atoms with E-state index in [1.54, 1.807) is 6.92 Å². The van der Waals surface area contributed by atoms with Gasteiger partial charge in [0.1, 0.15) is 11.9 Å². The predicted octanol–water partition coefficient (Wildman–Crippen LogP) is 1.70. The Balaban J connectivity index is 3.09. The van der Waals surface area contributed by atoms with Crippen molar-refractivity contribution in [2.45, 2.75) is 20.0 Å². The minimum Gasteiger partial charge on any atom is -0.385 e. The molecule has 1 atom stereocenters. The maximum atomic E-state index is 12.6. The Morgan fingerprint density at radius 2 is 2.15 bits per heavy atom. The number of ketones is 1. The molecule has 2 nitrogen and oxygen atoms in total. The van der Waals surface area contributed by atoms with E-state index in [1.807, 2.05) is 0 Å². The summed E-state index contributed by atoms with van der Waals surface area (Å²) in [6, 6.07) is 3.87. The fourth-order valence-electron chi connectivity index (χ4n) is 1.13. The number of carbonyl (C=O) groups excluding carboxylic acids is 1. The van der Waals surface area contributed by atoms with Crippen LogP contribution in [0, 0.1) is 12.7 Å². The molecule has 0 aliphatic rings. The number of hydrogen-bond donors (Lipinski definition) is 1. The van der Waals surface area contributed by atoms with Crippen molar-refractivity contribution in [2.75, 3.05) is 0 Å². The molecule has 0 radical (unpaired) electrons. The van der Waals surface area contributed by atoms with Crippen molar-refractivity contribution < 1.29 is 14.3 Å². The minimum atomic E-state index is -1.04. The summed E-state index contributed by atoms with van der Waals surface area (Å²) in [7, 11) is 0. The van der Waals surface area contributed by atoms with Crippen molar-refractivity contribution >= 4 is 5.78 Å². The number of carbonyl (C=O) groups is 1. The van der Waals surface area contributed by atoms with Crippen molar-refractivity contribution in [1.82, 2.24) is 0 Å². The third kappa shape index (κ3) is 2.12. The van der Waals surface area contributed by atoms with Gasteiger partial charge in [0.2, 0.25) is 0 Å². The van der Waals surface area contributed by atoms with Gasteiger partial charge in [-0.3, -0.25) is 4.79 Å². The number of Topliss-reactive ketones (excluding diaryl/α,β-unsaturated/α-hetero) is 1. The van der Waals surface area contributed by atoms with Gasteiger partial charge >= 0.3 is 0 Å². The Kier molecular flexibility index (Phi) is 2.78. The zero-order valence-corrected chi connectivity index (χ0v) is 7.54. The molecule has 1 rings (SSSR count). The highest BCUT2D eigenvalue weighted by molar-refractivity contribution is 6.00. The SMILES string of the molecule is Cc1cc(F)ccc1C(=O)C(C)O. The molecule has 13 heavy (non-hydrogen) atoms. The van der Waals surface area contributed by atoms with E-state index in [2.05, 4.69) is 0 Å². The van der Waals surface area contributed by atoms with Crippen LogP contribution in [-0.4, -0.2) is 17.0 Å². The van der Waals surface area contributed by atoms with Crippen LogP contribution < -0.4 is 0 Å². The van der Waals surface area contributed by atoms with Crippen LogP contribution in [0.4, 0.5) is 4.39 Å². The highest BCUT2D eigenvalue weighted by atomic mass is 19.1. The van der Waals surface area contributed by atoms with E-state index in [0.29, 0.717) is 11.1 Å². The molecule has 0 fully saturated rings. The first-order valence-corrected chi connectivity index (χ1v) is 4.01. The summed E-state index contributed by atoms with van der Waals surface area (Å²) in [5, 5.41) is 9.02. The number of aryl methyl sites for hydroxylation is 1. The standard InChI is InChI=1S/C10H11FO2/c1-6-5-8(11)3-4-9(6)10(13)7(2)12/h3-5,7,12H,1-2H3. The first-order chi connectivity index (χ1) is 6.02. The van der Waals surface area contributed by atoms with Gasteiger partial charge < -0.3 is 5.11 Å². The number of aliphatic hydroxyl groups is 1. The summed E-state index contributed by atoms with van der Waals surface area (Å²) in [6.45, 7) is 3.03. The summed E-state index contributed by atoms with van der Waals surface area (Å²) >= 11 is 0. The predicted molar refractivity (Wildman–Crippen MR) is 47.1 cm³/mol. The van der Waals surface area contributed by atoms with Gasteiger partial charge in [-0.2, -0.15) is 0 Å². The average Bonchev–Trinajstić information content (AvgIpc) is 2.03. The average molecular weight is 182 g/mol. The zero-order valence-electron chi connectivity index (χ0n) is 7.54. The molecule has 0 saturated heterocycles. The Morgan fingerprint density at radius 1 is 1.54 bits per heavy atom. The van der Waals surface area contributed by atoms with E-state index in [0.717, 1.165) is 0 Å². The van der Waals surface area contributed by atoms with Crippen molar-refractivity contribution in [1.29, 1.82) is 0 Å². The minimum absolute atomic E-state index is 0.372. The molecule has 3 heteroatoms. The molecular weight excluding hydrogens is 171 g/mol. The monoisotopic (exact) mass is 182 g/mol. The fourth-order valence-corrected chi connectivity index (χ4v) is 1.13. The summed E-state index contributed by atoms with van der Waals surface area (Å²) in [5.41, 5.74) is 0.919. The van der Waals surface area contributed by atoms with Crippen LogP contribution in [-0.2, 0) is 0 Å². The Bertz CT molecular complexity index is 332. The molecule has 0 aromatic heterocycles. The number of hydrogen-bond acceptors (Lipinski definition) is 2. The molecule has 0 aliphatic carbocycles. The van der Waals surface area contributed by atoms with Crippen LogP contribution in [0.1, 0.15) is 22.8 Å². The highest BCUT2D eigenvalue weighted by Gasteiger charge is 2.14. The molecule has 1 unspecified atom stereocenters. The number of halogens is 1. The second kappa shape index (κ2) is 3.66. The van der Waals surface area contributed by atoms with Crippen molar-refractivity contribution in [2.24, 2.45) is 0 Å². The molecule has 0 heterocycles. The topological polar surface area (TPSA) is 37.3 Å². The normalized spacial score (nSPS) is 12.6. The molecule has 1 aromatic rings. The quantitative estimate of drug-likeness (QED) is 0.707. The number of benzene rings is 1. The Labute approximate surface area is 76.0 Å². The van der Waals surface area contributed by atoms with E-state index in [9.17, 15) is 9.18 Å².